The number of amides is 1. The molecule has 0 radical (unpaired) electrons. The highest BCUT2D eigenvalue weighted by Gasteiger charge is 2.33. The fourth-order valence-electron chi connectivity index (χ4n) is 5.14. The van der Waals surface area contributed by atoms with Crippen LogP contribution in [0.3, 0.4) is 0 Å². The van der Waals surface area contributed by atoms with Crippen molar-refractivity contribution in [1.29, 1.82) is 0 Å². The summed E-state index contributed by atoms with van der Waals surface area (Å²) in [6.07, 6.45) is 14.7. The minimum Gasteiger partial charge on any atom is -0.494 e. The lowest BCUT2D eigenvalue weighted by Gasteiger charge is -2.07. The van der Waals surface area contributed by atoms with E-state index < -0.39 is 0 Å². The Labute approximate surface area is 238 Å². The molecule has 3 aromatic rings. The first-order valence-electron chi connectivity index (χ1n) is 15.2. The maximum Gasteiger partial charge on any atom is 0.280 e. The molecule has 1 aliphatic heterocycles. The maximum absolute atomic E-state index is 13.0. The van der Waals surface area contributed by atoms with Crippen LogP contribution in [-0.2, 0) is 0 Å². The van der Waals surface area contributed by atoms with Gasteiger partial charge in [-0.15, -0.1) is 0 Å². The lowest BCUT2D eigenvalue weighted by Crippen LogP contribution is -2.01. The zero-order chi connectivity index (χ0) is 28.2. The number of carbonyl (C=O) groups is 1. The monoisotopic (exact) mass is 544 g/mol. The summed E-state index contributed by atoms with van der Waals surface area (Å²) in [5.41, 5.74) is 3.45. The normalized spacial score (nSPS) is 12.4. The van der Waals surface area contributed by atoms with E-state index in [2.05, 4.69) is 23.8 Å². The summed E-state index contributed by atoms with van der Waals surface area (Å²) in [5, 5.41) is 10.8. The molecule has 0 saturated carbocycles. The van der Waals surface area contributed by atoms with Gasteiger partial charge in [0.15, 0.2) is 5.88 Å². The van der Waals surface area contributed by atoms with Crippen LogP contribution >= 0.6 is 0 Å². The summed E-state index contributed by atoms with van der Waals surface area (Å²) < 4.78 is 11.8. The summed E-state index contributed by atoms with van der Waals surface area (Å²) in [5.74, 6) is 1.18. The van der Waals surface area contributed by atoms with E-state index in [0.29, 0.717) is 35.7 Å². The molecule has 1 aliphatic rings. The Morgan fingerprint density at radius 2 is 1.12 bits per heavy atom. The van der Waals surface area contributed by atoms with Crippen molar-refractivity contribution in [2.24, 2.45) is 4.99 Å². The number of hydrogen-bond acceptors (Lipinski definition) is 4. The molecular formula is C34H44N2O4. The predicted octanol–water partition coefficient (Wildman–Crippen LogP) is 8.86. The zero-order valence-electron chi connectivity index (χ0n) is 24.1. The Balaban J connectivity index is 1.34. The number of rotatable bonds is 18. The van der Waals surface area contributed by atoms with Crippen molar-refractivity contribution in [3.63, 3.8) is 0 Å². The zero-order valence-corrected chi connectivity index (χ0v) is 24.1. The van der Waals surface area contributed by atoms with E-state index in [1.807, 2.05) is 48.5 Å². The maximum atomic E-state index is 13.0. The van der Waals surface area contributed by atoms with Gasteiger partial charge in [0.1, 0.15) is 11.5 Å². The first-order chi connectivity index (χ1) is 19.6. The number of aromatic hydroxyl groups is 1. The Hall–Kier alpha value is -3.54. The van der Waals surface area contributed by atoms with Gasteiger partial charge >= 0.3 is 0 Å². The topological polar surface area (TPSA) is 83.9 Å². The fourth-order valence-corrected chi connectivity index (χ4v) is 5.14. The third-order valence-electron chi connectivity index (χ3n) is 7.45. The number of fused-ring (bicyclic) bond motifs is 1. The van der Waals surface area contributed by atoms with Crippen LogP contribution in [0.15, 0.2) is 53.5 Å². The largest absolute Gasteiger partial charge is 0.494 e. The van der Waals surface area contributed by atoms with Gasteiger partial charge in [0.25, 0.3) is 5.91 Å². The highest BCUT2D eigenvalue weighted by Crippen LogP contribution is 2.38. The summed E-state index contributed by atoms with van der Waals surface area (Å²) in [7, 11) is 0. The molecule has 0 unspecified atom stereocenters. The third kappa shape index (κ3) is 7.77. The number of nitrogens with one attached hydrogen (secondary N) is 1. The van der Waals surface area contributed by atoms with Crippen molar-refractivity contribution < 1.29 is 19.4 Å². The van der Waals surface area contributed by atoms with E-state index in [1.165, 1.54) is 64.2 Å². The first-order valence-corrected chi connectivity index (χ1v) is 15.2. The van der Waals surface area contributed by atoms with Crippen LogP contribution in [0.4, 0.5) is 0 Å². The molecule has 2 heterocycles. The van der Waals surface area contributed by atoms with Crippen molar-refractivity contribution in [2.75, 3.05) is 13.2 Å². The van der Waals surface area contributed by atoms with Crippen molar-refractivity contribution in [2.45, 2.75) is 90.9 Å². The Bertz CT molecular complexity index is 1240. The highest BCUT2D eigenvalue weighted by atomic mass is 16.5. The smallest absolute Gasteiger partial charge is 0.280 e. The molecule has 6 nitrogen and oxygen atoms in total. The number of aromatic nitrogens is 1. The molecule has 4 rings (SSSR count). The van der Waals surface area contributed by atoms with Gasteiger partial charge in [0, 0.05) is 5.56 Å². The number of aromatic amines is 1. The average molecular weight is 545 g/mol. The number of ether oxygens (including phenoxy) is 2. The van der Waals surface area contributed by atoms with Gasteiger partial charge in [-0.25, -0.2) is 4.99 Å². The lowest BCUT2D eigenvalue weighted by atomic mass is 10.00. The Morgan fingerprint density at radius 3 is 1.65 bits per heavy atom. The number of benzene rings is 2. The van der Waals surface area contributed by atoms with Crippen LogP contribution in [-0.4, -0.2) is 34.9 Å². The summed E-state index contributed by atoms with van der Waals surface area (Å²) in [6.45, 7) is 5.84. The van der Waals surface area contributed by atoms with Crippen molar-refractivity contribution in [3.8, 4) is 28.6 Å². The van der Waals surface area contributed by atoms with Gasteiger partial charge in [-0.3, -0.25) is 4.79 Å². The minimum absolute atomic E-state index is 0.0543. The van der Waals surface area contributed by atoms with E-state index in [4.69, 9.17) is 9.47 Å². The molecule has 2 N–H and O–H groups in total. The molecule has 6 heteroatoms. The first kappa shape index (κ1) is 29.4. The van der Waals surface area contributed by atoms with Crippen LogP contribution in [0, 0.1) is 0 Å². The summed E-state index contributed by atoms with van der Waals surface area (Å²) in [4.78, 5) is 20.3. The lowest BCUT2D eigenvalue weighted by molar-refractivity contribution is 0.101. The molecule has 214 valence electrons. The molecule has 0 fully saturated rings. The molecule has 0 atom stereocenters. The van der Waals surface area contributed by atoms with Gasteiger partial charge in [-0.05, 0) is 66.9 Å². The van der Waals surface area contributed by atoms with Crippen molar-refractivity contribution in [1.82, 2.24) is 4.98 Å². The molecule has 2 aromatic carbocycles. The highest BCUT2D eigenvalue weighted by molar-refractivity contribution is 6.30. The van der Waals surface area contributed by atoms with Gasteiger partial charge in [-0.1, -0.05) is 78.1 Å². The van der Waals surface area contributed by atoms with E-state index >= 15 is 0 Å². The van der Waals surface area contributed by atoms with Gasteiger partial charge in [0.05, 0.1) is 35.7 Å². The minimum atomic E-state index is -0.358. The number of unbranched alkanes of at least 4 members (excludes halogenated alkanes) is 10. The second kappa shape index (κ2) is 15.3. The van der Waals surface area contributed by atoms with Crippen LogP contribution in [0.5, 0.6) is 17.4 Å². The van der Waals surface area contributed by atoms with E-state index in [9.17, 15) is 9.90 Å². The van der Waals surface area contributed by atoms with Gasteiger partial charge in [0.2, 0.25) is 0 Å². The van der Waals surface area contributed by atoms with E-state index in [0.717, 1.165) is 35.5 Å². The molecule has 1 aromatic heterocycles. The number of H-pyrrole nitrogens is 1. The van der Waals surface area contributed by atoms with Gasteiger partial charge < -0.3 is 19.6 Å². The molecule has 40 heavy (non-hydrogen) atoms. The van der Waals surface area contributed by atoms with Crippen molar-refractivity contribution in [3.05, 3.63) is 65.2 Å². The SMILES string of the molecule is CCCCCCCCOc1ccc(C2=NC(=O)c3c(-c4ccc(OCCCCCCCC)cc4)[nH]c(O)c32)cc1. The molecule has 0 bridgehead atoms. The molecule has 0 spiro atoms. The third-order valence-corrected chi connectivity index (χ3v) is 7.45. The molecule has 0 saturated heterocycles. The average Bonchev–Trinajstić information content (AvgIpc) is 3.50. The van der Waals surface area contributed by atoms with Crippen LogP contribution in [0.1, 0.15) is 112 Å². The van der Waals surface area contributed by atoms with E-state index in [-0.39, 0.29) is 11.8 Å². The quantitative estimate of drug-likeness (QED) is 0.157. The summed E-state index contributed by atoms with van der Waals surface area (Å²) >= 11 is 0. The van der Waals surface area contributed by atoms with Gasteiger partial charge in [-0.2, -0.15) is 0 Å². The molecule has 0 aliphatic carbocycles. The number of carbonyl (C=O) groups excluding carboxylic acids is 1. The Kier molecular flexibility index (Phi) is 11.3. The summed E-state index contributed by atoms with van der Waals surface area (Å²) in [6, 6.07) is 15.2. The standard InChI is InChI=1S/C34H44N2O4/c1-3-5-7-9-11-13-23-39-27-19-15-25(16-20-27)31-29-30(34(38)35-31)32(36-33(29)37)26-17-21-28(22-18-26)40-24-14-12-10-8-6-4-2/h15-22,35,38H,3-14,23-24H2,1-2H3. The Morgan fingerprint density at radius 1 is 0.650 bits per heavy atom. The fraction of sp³-hybridized carbons (Fsp3) is 0.471. The van der Waals surface area contributed by atoms with Crippen LogP contribution in [0.2, 0.25) is 0 Å². The van der Waals surface area contributed by atoms with E-state index in [1.54, 1.807) is 0 Å². The predicted molar refractivity (Wildman–Crippen MR) is 162 cm³/mol. The van der Waals surface area contributed by atoms with Crippen LogP contribution in [0.25, 0.3) is 11.3 Å². The molecule has 1 amide bonds. The number of aliphatic imine (C=N–C) groups is 1. The van der Waals surface area contributed by atoms with Crippen LogP contribution < -0.4 is 9.47 Å². The molecular weight excluding hydrogens is 500 g/mol. The number of nitrogens with zero attached hydrogens (tertiary/aromatic N) is 1. The van der Waals surface area contributed by atoms with Crippen molar-refractivity contribution >= 4 is 11.6 Å². The second-order valence-electron chi connectivity index (χ2n) is 10.6. The number of hydrogen-bond donors (Lipinski definition) is 2. The second-order valence-corrected chi connectivity index (χ2v) is 10.6.